The first-order valence-electron chi connectivity index (χ1n) is 8.35. The molecule has 2 aromatic carbocycles. The summed E-state index contributed by atoms with van der Waals surface area (Å²) in [4.78, 5) is 14.1. The molecule has 1 heterocycles. The zero-order valence-electron chi connectivity index (χ0n) is 13.6. The van der Waals surface area contributed by atoms with Gasteiger partial charge in [0.15, 0.2) is 0 Å². The second-order valence-corrected chi connectivity index (χ2v) is 5.94. The number of carbonyl (C=O) groups is 1. The summed E-state index contributed by atoms with van der Waals surface area (Å²) in [6, 6.07) is 18.5. The van der Waals surface area contributed by atoms with Crippen molar-refractivity contribution in [3.8, 4) is 0 Å². The summed E-state index contributed by atoms with van der Waals surface area (Å²) in [5.74, 6) is 0.410. The highest BCUT2D eigenvalue weighted by molar-refractivity contribution is 5.89. The fourth-order valence-corrected chi connectivity index (χ4v) is 3.22. The summed E-state index contributed by atoms with van der Waals surface area (Å²) in [5.41, 5.74) is 3.25. The third kappa shape index (κ3) is 3.73. The molecule has 0 N–H and O–H groups in total. The lowest BCUT2D eigenvalue weighted by molar-refractivity contribution is 0.0526. The Morgan fingerprint density at radius 1 is 1.04 bits per heavy atom. The first kappa shape index (κ1) is 15.6. The molecule has 0 atom stereocenters. The van der Waals surface area contributed by atoms with E-state index in [1.165, 1.54) is 24.1 Å². The Morgan fingerprint density at radius 3 is 2.30 bits per heavy atom. The van der Waals surface area contributed by atoms with Gasteiger partial charge in [0.25, 0.3) is 0 Å². The van der Waals surface area contributed by atoms with E-state index in [0.717, 1.165) is 13.1 Å². The summed E-state index contributed by atoms with van der Waals surface area (Å²) in [6.07, 6.45) is 2.34. The molecule has 2 aromatic rings. The highest BCUT2D eigenvalue weighted by Crippen LogP contribution is 2.30. The Kier molecular flexibility index (Phi) is 4.96. The summed E-state index contributed by atoms with van der Waals surface area (Å²) in [7, 11) is 0. The van der Waals surface area contributed by atoms with Crippen LogP contribution >= 0.6 is 0 Å². The molecular formula is C20H23NO2. The molecule has 0 radical (unpaired) electrons. The van der Waals surface area contributed by atoms with Gasteiger partial charge in [0.2, 0.25) is 0 Å². The smallest absolute Gasteiger partial charge is 0.338 e. The van der Waals surface area contributed by atoms with Crippen LogP contribution in [-0.4, -0.2) is 25.7 Å². The zero-order valence-corrected chi connectivity index (χ0v) is 13.6. The fourth-order valence-electron chi connectivity index (χ4n) is 3.22. The molecule has 1 aliphatic rings. The number of hydrogen-bond acceptors (Lipinski definition) is 3. The van der Waals surface area contributed by atoms with Crippen LogP contribution in [0.4, 0.5) is 5.69 Å². The number of piperidine rings is 1. The summed E-state index contributed by atoms with van der Waals surface area (Å²) in [5, 5.41) is 0. The molecule has 0 unspecified atom stereocenters. The molecule has 0 aliphatic carbocycles. The molecular weight excluding hydrogens is 286 g/mol. The van der Waals surface area contributed by atoms with Crippen LogP contribution in [0.2, 0.25) is 0 Å². The Morgan fingerprint density at radius 2 is 1.70 bits per heavy atom. The number of benzene rings is 2. The number of nitrogens with zero attached hydrogens (tertiary/aromatic N) is 1. The second-order valence-electron chi connectivity index (χ2n) is 5.94. The number of ether oxygens (including phenoxy) is 1. The van der Waals surface area contributed by atoms with E-state index in [9.17, 15) is 4.79 Å². The lowest BCUT2D eigenvalue weighted by Crippen LogP contribution is -2.32. The predicted octanol–water partition coefficient (Wildman–Crippen LogP) is 4.25. The number of hydrogen-bond donors (Lipinski definition) is 0. The first-order valence-corrected chi connectivity index (χ1v) is 8.35. The van der Waals surface area contributed by atoms with Crippen molar-refractivity contribution in [1.29, 1.82) is 0 Å². The zero-order chi connectivity index (χ0) is 16.1. The minimum atomic E-state index is -0.248. The maximum absolute atomic E-state index is 11.7. The van der Waals surface area contributed by atoms with Gasteiger partial charge in [-0.3, -0.25) is 0 Å². The van der Waals surface area contributed by atoms with Crippen molar-refractivity contribution in [1.82, 2.24) is 0 Å². The summed E-state index contributed by atoms with van der Waals surface area (Å²) in [6.45, 7) is 4.34. The number of esters is 1. The molecule has 0 bridgehead atoms. The van der Waals surface area contributed by atoms with E-state index in [2.05, 4.69) is 35.2 Å². The third-order valence-corrected chi connectivity index (χ3v) is 4.51. The Hall–Kier alpha value is -2.29. The van der Waals surface area contributed by atoms with Crippen LogP contribution in [0.25, 0.3) is 0 Å². The molecule has 3 heteroatoms. The van der Waals surface area contributed by atoms with E-state index in [1.807, 2.05) is 31.2 Å². The van der Waals surface area contributed by atoms with Gasteiger partial charge in [-0.05, 0) is 55.5 Å². The largest absolute Gasteiger partial charge is 0.462 e. The van der Waals surface area contributed by atoms with Crippen molar-refractivity contribution >= 4 is 11.7 Å². The quantitative estimate of drug-likeness (QED) is 0.791. The molecule has 1 aliphatic heterocycles. The van der Waals surface area contributed by atoms with Gasteiger partial charge in [-0.15, -0.1) is 0 Å². The van der Waals surface area contributed by atoms with Gasteiger partial charge in [0.1, 0.15) is 0 Å². The van der Waals surface area contributed by atoms with Gasteiger partial charge in [-0.25, -0.2) is 4.79 Å². The normalized spacial score (nSPS) is 15.4. The van der Waals surface area contributed by atoms with Crippen molar-refractivity contribution in [2.45, 2.75) is 25.7 Å². The van der Waals surface area contributed by atoms with Crippen LogP contribution in [-0.2, 0) is 4.74 Å². The maximum atomic E-state index is 11.7. The van der Waals surface area contributed by atoms with Gasteiger partial charge >= 0.3 is 5.97 Å². The molecule has 1 saturated heterocycles. The number of anilines is 1. The summed E-state index contributed by atoms with van der Waals surface area (Å²) < 4.78 is 5.02. The molecule has 0 spiro atoms. The standard InChI is InChI=1S/C20H23NO2/c1-2-23-20(22)18-8-10-19(11-9-18)21-14-12-17(13-15-21)16-6-4-3-5-7-16/h3-11,17H,2,12-15H2,1H3. The van der Waals surface area contributed by atoms with E-state index in [1.54, 1.807) is 0 Å². The summed E-state index contributed by atoms with van der Waals surface area (Å²) >= 11 is 0. The van der Waals surface area contributed by atoms with Gasteiger partial charge in [-0.1, -0.05) is 30.3 Å². The predicted molar refractivity (Wildman–Crippen MR) is 93.0 cm³/mol. The Labute approximate surface area is 137 Å². The van der Waals surface area contributed by atoms with Crippen molar-refractivity contribution in [3.05, 3.63) is 65.7 Å². The van der Waals surface area contributed by atoms with Crippen LogP contribution in [0.15, 0.2) is 54.6 Å². The molecule has 3 rings (SSSR count). The SMILES string of the molecule is CCOC(=O)c1ccc(N2CCC(c3ccccc3)CC2)cc1. The maximum Gasteiger partial charge on any atom is 0.338 e. The van der Waals surface area contributed by atoms with Crippen LogP contribution in [0.5, 0.6) is 0 Å². The molecule has 0 amide bonds. The topological polar surface area (TPSA) is 29.5 Å². The van der Waals surface area contributed by atoms with E-state index >= 15 is 0 Å². The lowest BCUT2D eigenvalue weighted by Gasteiger charge is -2.34. The van der Waals surface area contributed by atoms with Crippen LogP contribution in [0.1, 0.15) is 41.6 Å². The highest BCUT2D eigenvalue weighted by Gasteiger charge is 2.20. The van der Waals surface area contributed by atoms with Crippen LogP contribution in [0.3, 0.4) is 0 Å². The highest BCUT2D eigenvalue weighted by atomic mass is 16.5. The minimum absolute atomic E-state index is 0.248. The van der Waals surface area contributed by atoms with Crippen LogP contribution in [0, 0.1) is 0 Å². The van der Waals surface area contributed by atoms with Crippen molar-refractivity contribution in [2.75, 3.05) is 24.6 Å². The van der Waals surface area contributed by atoms with Crippen LogP contribution < -0.4 is 4.90 Å². The molecule has 0 saturated carbocycles. The fraction of sp³-hybridized carbons (Fsp3) is 0.350. The number of carbonyl (C=O) groups excluding carboxylic acids is 1. The van der Waals surface area contributed by atoms with E-state index in [-0.39, 0.29) is 5.97 Å². The molecule has 3 nitrogen and oxygen atoms in total. The Balaban J connectivity index is 1.60. The number of rotatable bonds is 4. The minimum Gasteiger partial charge on any atom is -0.462 e. The van der Waals surface area contributed by atoms with Gasteiger partial charge in [0.05, 0.1) is 12.2 Å². The van der Waals surface area contributed by atoms with E-state index in [0.29, 0.717) is 18.1 Å². The van der Waals surface area contributed by atoms with Crippen molar-refractivity contribution < 1.29 is 9.53 Å². The molecule has 1 fully saturated rings. The third-order valence-electron chi connectivity index (χ3n) is 4.51. The molecule has 0 aromatic heterocycles. The van der Waals surface area contributed by atoms with E-state index < -0.39 is 0 Å². The van der Waals surface area contributed by atoms with Gasteiger partial charge in [0, 0.05) is 18.8 Å². The monoisotopic (exact) mass is 309 g/mol. The van der Waals surface area contributed by atoms with Gasteiger partial charge < -0.3 is 9.64 Å². The average Bonchev–Trinajstić information content (AvgIpc) is 2.63. The van der Waals surface area contributed by atoms with Crippen molar-refractivity contribution in [2.24, 2.45) is 0 Å². The second kappa shape index (κ2) is 7.32. The van der Waals surface area contributed by atoms with E-state index in [4.69, 9.17) is 4.74 Å². The lowest BCUT2D eigenvalue weighted by atomic mass is 9.89. The first-order chi connectivity index (χ1) is 11.3. The molecule has 23 heavy (non-hydrogen) atoms. The molecule has 120 valence electrons. The van der Waals surface area contributed by atoms with Crippen molar-refractivity contribution in [3.63, 3.8) is 0 Å². The van der Waals surface area contributed by atoms with Gasteiger partial charge in [-0.2, -0.15) is 0 Å². The Bertz CT molecular complexity index is 628. The average molecular weight is 309 g/mol.